The summed E-state index contributed by atoms with van der Waals surface area (Å²) in [5, 5.41) is 7.85. The normalized spacial score (nSPS) is 17.8. The molecule has 0 radical (unpaired) electrons. The average Bonchev–Trinajstić information content (AvgIpc) is 2.03. The summed E-state index contributed by atoms with van der Waals surface area (Å²) in [5.74, 6) is -1.13. The predicted octanol–water partition coefficient (Wildman–Crippen LogP) is 0.879. The number of methoxy groups -OCH3 is 1. The van der Waals surface area contributed by atoms with E-state index in [0.717, 1.165) is 0 Å². The van der Waals surface area contributed by atoms with Gasteiger partial charge in [0, 0.05) is 17.9 Å². The van der Waals surface area contributed by atoms with Gasteiger partial charge in [0.15, 0.2) is 0 Å². The molecular weight excluding hydrogens is 204 g/mol. The van der Waals surface area contributed by atoms with Crippen molar-refractivity contribution >= 4 is 16.8 Å². The molecule has 0 aliphatic heterocycles. The quantitative estimate of drug-likeness (QED) is 0.724. The van der Waals surface area contributed by atoms with E-state index in [1.165, 1.54) is 7.11 Å². The van der Waals surface area contributed by atoms with E-state index in [2.05, 4.69) is 0 Å². The van der Waals surface area contributed by atoms with Crippen molar-refractivity contribution < 1.29 is 18.8 Å². The second kappa shape index (κ2) is 6.14. The number of hydrogen-bond donors (Lipinski definition) is 1. The number of ether oxygens (including phenoxy) is 1. The molecule has 3 unspecified atom stereocenters. The molecule has 84 valence electrons. The highest BCUT2D eigenvalue weighted by Gasteiger charge is 2.31. The molecule has 0 amide bonds. The second-order valence-corrected chi connectivity index (χ2v) is 5.57. The molecule has 4 nitrogen and oxygen atoms in total. The van der Waals surface area contributed by atoms with Gasteiger partial charge in [-0.15, -0.1) is 0 Å². The van der Waals surface area contributed by atoms with Gasteiger partial charge in [-0.3, -0.25) is 9.00 Å². The summed E-state index contributed by atoms with van der Waals surface area (Å²) < 4.78 is 16.6. The van der Waals surface area contributed by atoms with Crippen LogP contribution in [-0.2, 0) is 20.3 Å². The molecule has 0 spiro atoms. The van der Waals surface area contributed by atoms with Crippen molar-refractivity contribution in [1.29, 1.82) is 0 Å². The van der Waals surface area contributed by atoms with Crippen molar-refractivity contribution in [1.82, 2.24) is 0 Å². The van der Waals surface area contributed by atoms with Crippen LogP contribution in [0.4, 0.5) is 0 Å². The molecule has 0 aliphatic carbocycles. The van der Waals surface area contributed by atoms with Gasteiger partial charge in [-0.1, -0.05) is 13.8 Å². The molecule has 0 fully saturated rings. The van der Waals surface area contributed by atoms with Crippen LogP contribution in [-0.4, -0.2) is 39.5 Å². The summed E-state index contributed by atoms with van der Waals surface area (Å²) >= 11 is 0. The van der Waals surface area contributed by atoms with E-state index in [1.807, 2.05) is 0 Å². The van der Waals surface area contributed by atoms with E-state index in [0.29, 0.717) is 6.61 Å². The van der Waals surface area contributed by atoms with Crippen molar-refractivity contribution in [3.05, 3.63) is 0 Å². The van der Waals surface area contributed by atoms with Gasteiger partial charge in [-0.2, -0.15) is 0 Å². The Kier molecular flexibility index (Phi) is 5.95. The van der Waals surface area contributed by atoms with Gasteiger partial charge in [0.2, 0.25) is 0 Å². The first-order valence-corrected chi connectivity index (χ1v) is 5.80. The van der Waals surface area contributed by atoms with E-state index >= 15 is 0 Å². The monoisotopic (exact) mass is 222 g/mol. The van der Waals surface area contributed by atoms with Gasteiger partial charge in [0.05, 0.1) is 11.9 Å². The number of aliphatic carboxylic acids is 1. The zero-order valence-electron chi connectivity index (χ0n) is 9.02. The molecule has 0 bridgehead atoms. The van der Waals surface area contributed by atoms with Crippen LogP contribution in [0.25, 0.3) is 0 Å². The minimum Gasteiger partial charge on any atom is -0.480 e. The fourth-order valence-corrected chi connectivity index (χ4v) is 2.71. The highest BCUT2D eigenvalue weighted by atomic mass is 32.2. The molecule has 0 aromatic heterocycles. The third kappa shape index (κ3) is 3.75. The Morgan fingerprint density at radius 2 is 1.93 bits per heavy atom. The molecule has 3 atom stereocenters. The van der Waals surface area contributed by atoms with E-state index in [4.69, 9.17) is 9.84 Å². The predicted molar refractivity (Wildman–Crippen MR) is 55.7 cm³/mol. The van der Waals surface area contributed by atoms with Crippen molar-refractivity contribution in [2.24, 2.45) is 5.92 Å². The number of hydrogen-bond acceptors (Lipinski definition) is 3. The lowest BCUT2D eigenvalue weighted by Gasteiger charge is -2.19. The molecule has 0 rings (SSSR count). The fraction of sp³-hybridized carbons (Fsp3) is 0.889. The Bertz CT molecular complexity index is 215. The van der Waals surface area contributed by atoms with Crippen LogP contribution >= 0.6 is 0 Å². The Hall–Kier alpha value is -0.420. The molecule has 1 N–H and O–H groups in total. The van der Waals surface area contributed by atoms with Crippen LogP contribution < -0.4 is 0 Å². The van der Waals surface area contributed by atoms with Gasteiger partial charge in [-0.25, -0.2) is 0 Å². The van der Waals surface area contributed by atoms with Crippen LogP contribution in [0.5, 0.6) is 0 Å². The van der Waals surface area contributed by atoms with Gasteiger partial charge >= 0.3 is 5.97 Å². The second-order valence-electron chi connectivity index (χ2n) is 3.60. The summed E-state index contributed by atoms with van der Waals surface area (Å²) in [4.78, 5) is 10.9. The average molecular weight is 222 g/mol. The molecule has 0 saturated carbocycles. The highest BCUT2D eigenvalue weighted by molar-refractivity contribution is 7.87. The van der Waals surface area contributed by atoms with E-state index < -0.39 is 22.0 Å². The van der Waals surface area contributed by atoms with Gasteiger partial charge in [0.25, 0.3) is 0 Å². The zero-order chi connectivity index (χ0) is 11.3. The molecule has 0 heterocycles. The summed E-state index contributed by atoms with van der Waals surface area (Å²) in [6, 6.07) is 0. The molecule has 0 aliphatic rings. The third-order valence-corrected chi connectivity index (χ3v) is 4.07. The number of carboxylic acids is 1. The lowest BCUT2D eigenvalue weighted by Crippen LogP contribution is -2.37. The summed E-state index contributed by atoms with van der Waals surface area (Å²) in [6.07, 6.45) is 0. The molecule has 14 heavy (non-hydrogen) atoms. The van der Waals surface area contributed by atoms with E-state index in [9.17, 15) is 9.00 Å². The smallest absolute Gasteiger partial charge is 0.319 e. The summed E-state index contributed by atoms with van der Waals surface area (Å²) in [5.41, 5.74) is 0. The SMILES string of the molecule is COCC(C)S(=O)C(C(=O)O)C(C)C. The molecular formula is C9H18O4S. The maximum atomic E-state index is 11.8. The Morgan fingerprint density at radius 3 is 2.21 bits per heavy atom. The Balaban J connectivity index is 4.52. The van der Waals surface area contributed by atoms with E-state index in [1.54, 1.807) is 20.8 Å². The van der Waals surface area contributed by atoms with Gasteiger partial charge in [0.1, 0.15) is 5.25 Å². The first kappa shape index (κ1) is 13.6. The number of carboxylic acid groups (broad SMARTS) is 1. The first-order chi connectivity index (χ1) is 6.41. The molecule has 0 aromatic carbocycles. The minimum absolute atomic E-state index is 0.132. The van der Waals surface area contributed by atoms with Gasteiger partial charge < -0.3 is 9.84 Å². The van der Waals surface area contributed by atoms with Crippen molar-refractivity contribution in [3.8, 4) is 0 Å². The standard InChI is InChI=1S/C9H18O4S/c1-6(2)8(9(10)11)14(12)7(3)5-13-4/h6-8H,5H2,1-4H3,(H,10,11). The molecule has 0 saturated heterocycles. The molecule has 0 aromatic rings. The van der Waals surface area contributed by atoms with E-state index in [-0.39, 0.29) is 11.2 Å². The number of rotatable bonds is 6. The largest absolute Gasteiger partial charge is 0.480 e. The summed E-state index contributed by atoms with van der Waals surface area (Å²) in [7, 11) is 0.126. The number of carbonyl (C=O) groups is 1. The summed E-state index contributed by atoms with van der Waals surface area (Å²) in [6.45, 7) is 5.58. The third-order valence-electron chi connectivity index (χ3n) is 1.90. The zero-order valence-corrected chi connectivity index (χ0v) is 9.84. The topological polar surface area (TPSA) is 63.6 Å². The Morgan fingerprint density at radius 1 is 1.43 bits per heavy atom. The van der Waals surface area contributed by atoms with Crippen molar-refractivity contribution in [3.63, 3.8) is 0 Å². The first-order valence-electron chi connectivity index (χ1n) is 4.53. The maximum Gasteiger partial charge on any atom is 0.319 e. The van der Waals surface area contributed by atoms with Crippen LogP contribution in [0.2, 0.25) is 0 Å². The van der Waals surface area contributed by atoms with Crippen molar-refractivity contribution in [2.75, 3.05) is 13.7 Å². The van der Waals surface area contributed by atoms with Crippen LogP contribution in [0.15, 0.2) is 0 Å². The lowest BCUT2D eigenvalue weighted by molar-refractivity contribution is -0.137. The lowest BCUT2D eigenvalue weighted by atomic mass is 10.1. The minimum atomic E-state index is -1.39. The highest BCUT2D eigenvalue weighted by Crippen LogP contribution is 2.14. The van der Waals surface area contributed by atoms with Gasteiger partial charge in [-0.05, 0) is 12.8 Å². The van der Waals surface area contributed by atoms with Crippen LogP contribution in [0, 0.1) is 5.92 Å². The maximum absolute atomic E-state index is 11.8. The van der Waals surface area contributed by atoms with Crippen LogP contribution in [0.1, 0.15) is 20.8 Å². The molecule has 5 heteroatoms. The van der Waals surface area contributed by atoms with Crippen LogP contribution in [0.3, 0.4) is 0 Å². The Labute approximate surface area is 87.1 Å². The van der Waals surface area contributed by atoms with Crippen molar-refractivity contribution in [2.45, 2.75) is 31.3 Å². The fourth-order valence-electron chi connectivity index (χ4n) is 1.20.